The second-order valence-corrected chi connectivity index (χ2v) is 4.70. The SMILES string of the molecule is OC1(Cc2c(F)cccc2F)CCCNCC1. The maximum Gasteiger partial charge on any atom is 0.129 e. The van der Waals surface area contributed by atoms with Gasteiger partial charge in [-0.2, -0.15) is 0 Å². The average Bonchev–Trinajstić information content (AvgIpc) is 2.49. The monoisotopic (exact) mass is 241 g/mol. The van der Waals surface area contributed by atoms with Gasteiger partial charge < -0.3 is 10.4 Å². The Bertz CT molecular complexity index is 367. The minimum Gasteiger partial charge on any atom is -0.389 e. The molecule has 1 aliphatic heterocycles. The molecule has 1 aromatic rings. The Morgan fingerprint density at radius 2 is 1.88 bits per heavy atom. The summed E-state index contributed by atoms with van der Waals surface area (Å²) in [6.07, 6.45) is 1.98. The first-order chi connectivity index (χ1) is 8.11. The van der Waals surface area contributed by atoms with Gasteiger partial charge in [-0.25, -0.2) is 8.78 Å². The molecule has 1 fully saturated rings. The lowest BCUT2D eigenvalue weighted by Crippen LogP contribution is -2.33. The van der Waals surface area contributed by atoms with E-state index in [-0.39, 0.29) is 12.0 Å². The van der Waals surface area contributed by atoms with Gasteiger partial charge in [0.05, 0.1) is 5.60 Å². The summed E-state index contributed by atoms with van der Waals surface area (Å²) in [6.45, 7) is 1.54. The minimum atomic E-state index is -0.994. The van der Waals surface area contributed by atoms with Crippen molar-refractivity contribution in [2.24, 2.45) is 0 Å². The van der Waals surface area contributed by atoms with E-state index in [4.69, 9.17) is 0 Å². The third-order valence-corrected chi connectivity index (χ3v) is 3.33. The summed E-state index contributed by atoms with van der Waals surface area (Å²) < 4.78 is 27.0. The number of aliphatic hydroxyl groups is 1. The number of halogens is 2. The van der Waals surface area contributed by atoms with Crippen molar-refractivity contribution in [2.75, 3.05) is 13.1 Å². The lowest BCUT2D eigenvalue weighted by Gasteiger charge is -2.26. The van der Waals surface area contributed by atoms with Gasteiger partial charge in [0.15, 0.2) is 0 Å². The van der Waals surface area contributed by atoms with Gasteiger partial charge in [-0.3, -0.25) is 0 Å². The van der Waals surface area contributed by atoms with Crippen LogP contribution in [0.3, 0.4) is 0 Å². The first kappa shape index (κ1) is 12.5. The van der Waals surface area contributed by atoms with Crippen molar-refractivity contribution in [1.29, 1.82) is 0 Å². The third kappa shape index (κ3) is 3.01. The smallest absolute Gasteiger partial charge is 0.129 e. The quantitative estimate of drug-likeness (QED) is 0.830. The molecule has 17 heavy (non-hydrogen) atoms. The normalized spacial score (nSPS) is 25.6. The summed E-state index contributed by atoms with van der Waals surface area (Å²) >= 11 is 0. The van der Waals surface area contributed by atoms with E-state index in [1.807, 2.05) is 0 Å². The third-order valence-electron chi connectivity index (χ3n) is 3.33. The summed E-state index contributed by atoms with van der Waals surface area (Å²) in [6, 6.07) is 3.81. The van der Waals surface area contributed by atoms with Crippen molar-refractivity contribution in [3.8, 4) is 0 Å². The zero-order valence-electron chi connectivity index (χ0n) is 9.68. The van der Waals surface area contributed by atoms with Crippen molar-refractivity contribution >= 4 is 0 Å². The zero-order valence-corrected chi connectivity index (χ0v) is 9.68. The van der Waals surface area contributed by atoms with Crippen LogP contribution in [-0.2, 0) is 6.42 Å². The number of nitrogens with one attached hydrogen (secondary N) is 1. The molecule has 0 bridgehead atoms. The van der Waals surface area contributed by atoms with Gasteiger partial charge in [0, 0.05) is 12.0 Å². The van der Waals surface area contributed by atoms with Crippen molar-refractivity contribution in [3.63, 3.8) is 0 Å². The highest BCUT2D eigenvalue weighted by atomic mass is 19.1. The zero-order chi connectivity index (χ0) is 12.3. The van der Waals surface area contributed by atoms with Crippen LogP contribution < -0.4 is 5.32 Å². The molecule has 1 aliphatic rings. The van der Waals surface area contributed by atoms with Crippen LogP contribution in [-0.4, -0.2) is 23.8 Å². The fraction of sp³-hybridized carbons (Fsp3) is 0.538. The molecule has 2 nitrogen and oxygen atoms in total. The van der Waals surface area contributed by atoms with E-state index < -0.39 is 17.2 Å². The molecule has 1 heterocycles. The van der Waals surface area contributed by atoms with Gasteiger partial charge in [-0.1, -0.05) is 6.07 Å². The van der Waals surface area contributed by atoms with Crippen LogP contribution in [0.25, 0.3) is 0 Å². The lowest BCUT2D eigenvalue weighted by molar-refractivity contribution is 0.0268. The summed E-state index contributed by atoms with van der Waals surface area (Å²) in [4.78, 5) is 0. The molecule has 0 radical (unpaired) electrons. The van der Waals surface area contributed by atoms with Crippen LogP contribution >= 0.6 is 0 Å². The van der Waals surface area contributed by atoms with Crippen LogP contribution in [0.2, 0.25) is 0 Å². The molecule has 2 N–H and O–H groups in total. The second-order valence-electron chi connectivity index (χ2n) is 4.70. The molecule has 0 amide bonds. The highest BCUT2D eigenvalue weighted by molar-refractivity contribution is 5.21. The second kappa shape index (κ2) is 5.10. The minimum absolute atomic E-state index is 0.00287. The molecule has 1 saturated heterocycles. The van der Waals surface area contributed by atoms with Gasteiger partial charge in [0.1, 0.15) is 11.6 Å². The van der Waals surface area contributed by atoms with Gasteiger partial charge in [0.2, 0.25) is 0 Å². The average molecular weight is 241 g/mol. The largest absolute Gasteiger partial charge is 0.389 e. The Labute approximate surface area is 99.7 Å². The number of hydrogen-bond acceptors (Lipinski definition) is 2. The summed E-state index contributed by atoms with van der Waals surface area (Å²) in [5.74, 6) is -1.15. The Balaban J connectivity index is 2.18. The standard InChI is InChI=1S/C13H17F2NO/c14-11-3-1-4-12(15)10(11)9-13(17)5-2-7-16-8-6-13/h1,3-4,16-17H,2,5-9H2. The molecule has 0 aliphatic carbocycles. The van der Waals surface area contributed by atoms with E-state index in [0.717, 1.165) is 13.0 Å². The van der Waals surface area contributed by atoms with E-state index in [2.05, 4.69) is 5.32 Å². The Hall–Kier alpha value is -1.00. The fourth-order valence-corrected chi connectivity index (χ4v) is 2.32. The van der Waals surface area contributed by atoms with E-state index in [1.165, 1.54) is 18.2 Å². The molecule has 0 aromatic heterocycles. The van der Waals surface area contributed by atoms with Crippen LogP contribution in [0, 0.1) is 11.6 Å². The predicted octanol–water partition coefficient (Wildman–Crippen LogP) is 2.01. The van der Waals surface area contributed by atoms with Gasteiger partial charge >= 0.3 is 0 Å². The first-order valence-corrected chi connectivity index (χ1v) is 5.97. The fourth-order valence-electron chi connectivity index (χ4n) is 2.32. The molecule has 94 valence electrons. The topological polar surface area (TPSA) is 32.3 Å². The molecule has 1 aromatic carbocycles. The maximum atomic E-state index is 13.5. The Morgan fingerprint density at radius 1 is 1.18 bits per heavy atom. The summed E-state index contributed by atoms with van der Waals surface area (Å²) in [5, 5.41) is 13.6. The molecule has 0 spiro atoms. The van der Waals surface area contributed by atoms with Gasteiger partial charge in [-0.05, 0) is 44.5 Å². The molecule has 0 saturated carbocycles. The van der Waals surface area contributed by atoms with Crippen molar-refractivity contribution < 1.29 is 13.9 Å². The van der Waals surface area contributed by atoms with Crippen molar-refractivity contribution in [3.05, 3.63) is 35.4 Å². The number of hydrogen-bond donors (Lipinski definition) is 2. The number of rotatable bonds is 2. The Morgan fingerprint density at radius 3 is 2.59 bits per heavy atom. The molecular formula is C13H17F2NO. The van der Waals surface area contributed by atoms with Gasteiger partial charge in [0.25, 0.3) is 0 Å². The van der Waals surface area contributed by atoms with Crippen LogP contribution in [0.5, 0.6) is 0 Å². The molecule has 1 atom stereocenters. The lowest BCUT2D eigenvalue weighted by atomic mass is 9.87. The van der Waals surface area contributed by atoms with Crippen molar-refractivity contribution in [1.82, 2.24) is 5.32 Å². The maximum absolute atomic E-state index is 13.5. The van der Waals surface area contributed by atoms with E-state index in [0.29, 0.717) is 19.4 Å². The predicted molar refractivity (Wildman–Crippen MR) is 61.7 cm³/mol. The molecule has 1 unspecified atom stereocenters. The highest BCUT2D eigenvalue weighted by Gasteiger charge is 2.30. The van der Waals surface area contributed by atoms with Gasteiger partial charge in [-0.15, -0.1) is 0 Å². The van der Waals surface area contributed by atoms with Crippen molar-refractivity contribution in [2.45, 2.75) is 31.3 Å². The van der Waals surface area contributed by atoms with Crippen LogP contribution in [0.15, 0.2) is 18.2 Å². The van der Waals surface area contributed by atoms with Crippen LogP contribution in [0.1, 0.15) is 24.8 Å². The first-order valence-electron chi connectivity index (χ1n) is 5.97. The van der Waals surface area contributed by atoms with Crippen LogP contribution in [0.4, 0.5) is 8.78 Å². The molecular weight excluding hydrogens is 224 g/mol. The van der Waals surface area contributed by atoms with E-state index >= 15 is 0 Å². The molecule has 2 rings (SSSR count). The summed E-state index contributed by atoms with van der Waals surface area (Å²) in [7, 11) is 0. The van der Waals surface area contributed by atoms with E-state index in [9.17, 15) is 13.9 Å². The van der Waals surface area contributed by atoms with E-state index in [1.54, 1.807) is 0 Å². The Kier molecular flexibility index (Phi) is 3.74. The highest BCUT2D eigenvalue weighted by Crippen LogP contribution is 2.26. The molecule has 4 heteroatoms. The summed E-state index contributed by atoms with van der Waals surface area (Å²) in [5.41, 5.74) is -0.996. The number of benzene rings is 1.